The van der Waals surface area contributed by atoms with Crippen molar-refractivity contribution in [2.75, 3.05) is 12.5 Å². The number of phenolic OH excluding ortho intramolecular Hbond substituents is 1. The fourth-order valence-electron chi connectivity index (χ4n) is 4.24. The molecule has 0 aliphatic rings. The first-order valence-electron chi connectivity index (χ1n) is 14.5. The zero-order chi connectivity index (χ0) is 34.6. The van der Waals surface area contributed by atoms with Crippen molar-refractivity contribution in [1.29, 1.82) is 0 Å². The molecule has 5 rings (SSSR count). The summed E-state index contributed by atoms with van der Waals surface area (Å²) in [4.78, 5) is 5.97. The Labute approximate surface area is 325 Å². The summed E-state index contributed by atoms with van der Waals surface area (Å²) in [5, 5.41) is 15.7. The molecule has 3 nitrogen and oxygen atoms in total. The normalized spacial score (nSPS) is 11.0. The van der Waals surface area contributed by atoms with Crippen LogP contribution in [-0.2, 0) is 17.9 Å². The summed E-state index contributed by atoms with van der Waals surface area (Å²) in [5.74, 6) is 0.390. The van der Waals surface area contributed by atoms with Crippen LogP contribution in [0.1, 0.15) is 25.2 Å². The molecule has 11 heteroatoms. The maximum Gasteiger partial charge on any atom is -0.0607 e. The average Bonchev–Trinajstić information content (AvgIpc) is 3.45. The maximum absolute atomic E-state index is 10.5. The van der Waals surface area contributed by atoms with Gasteiger partial charge in [-0.15, -0.1) is 23.5 Å². The predicted molar refractivity (Wildman–Crippen MR) is 214 cm³/mol. The molecule has 0 bridgehead atoms. The molecule has 0 amide bonds. The summed E-state index contributed by atoms with van der Waals surface area (Å²) < 4.78 is 7.30. The molecule has 1 unspecified atom stereocenters. The summed E-state index contributed by atoms with van der Waals surface area (Å²) in [5.41, 5.74) is 2.99. The second-order valence-electron chi connectivity index (χ2n) is 10.9. The van der Waals surface area contributed by atoms with Crippen LogP contribution in [0, 0.1) is 13.8 Å². The van der Waals surface area contributed by atoms with Crippen LogP contribution in [0.4, 0.5) is 5.69 Å². The molecule has 0 saturated heterocycles. The Hall–Kier alpha value is -0.620. The Balaban J connectivity index is 0.000000229. The van der Waals surface area contributed by atoms with Crippen LogP contribution in [0.15, 0.2) is 116 Å². The molecule has 245 valence electrons. The molecule has 1 atom stereocenters. The molecule has 1 aromatic heterocycles. The summed E-state index contributed by atoms with van der Waals surface area (Å²) in [7, 11) is 3.17. The molecule has 0 saturated carbocycles. The number of thioether (sulfide) groups is 2. The standard InChI is InChI=1S/C20H20OP2S2.C6H3Cl2N.C6H8N.C4H7.Pb.W/c1-24-18-13-17(14-19(25-2)20(18)21)23(22,15-9-5-3-6-10-15)16-11-7-4-8-12-16;7-4-2-1-3-5(8)6(4)9;1-5-3-4-6(2)7-5;1-4(2)3;;/h3-14H,22H2,1-2H3;1-3H;3-4H,1-2H3;1H,2-3H3;;/q;;-1;;;/p+1. The van der Waals surface area contributed by atoms with Crippen LogP contribution < -0.4 is 20.9 Å². The number of phenols is 1. The molecule has 4 aromatic carbocycles. The Kier molecular flexibility index (Phi) is 17.1. The molecule has 0 aliphatic heterocycles. The van der Waals surface area contributed by atoms with Gasteiger partial charge in [-0.3, -0.25) is 0 Å². The number of halogens is 2. The smallest absolute Gasteiger partial charge is 0.0607 e. The third-order valence-electron chi connectivity index (χ3n) is 6.55. The average molecular weight is 1100 g/mol. The van der Waals surface area contributed by atoms with E-state index >= 15 is 0 Å². The molecule has 0 fully saturated rings. The van der Waals surface area contributed by atoms with Crippen LogP contribution in [0.25, 0.3) is 0 Å². The van der Waals surface area contributed by atoms with Gasteiger partial charge in [0.25, 0.3) is 0 Å². The van der Waals surface area contributed by atoms with Gasteiger partial charge in [-0.25, -0.2) is 0 Å². The number of benzene rings is 4. The second-order valence-corrected chi connectivity index (χ2v) is 26.0. The fraction of sp³-hybridized carbons (Fsp3) is 0.194. The largest absolute Gasteiger partial charge is 0.665 e. The van der Waals surface area contributed by atoms with E-state index in [1.54, 1.807) is 23.5 Å². The Morgan fingerprint density at radius 1 is 0.787 bits per heavy atom. The minimum Gasteiger partial charge on any atom is -0.665 e. The molecule has 47 heavy (non-hydrogen) atoms. The van der Waals surface area contributed by atoms with Gasteiger partial charge in [-0.05, 0) is 48.9 Å². The first kappa shape index (κ1) is 40.8. The van der Waals surface area contributed by atoms with Gasteiger partial charge in [-0.2, -0.15) is 11.4 Å². The van der Waals surface area contributed by atoms with Crippen molar-refractivity contribution < 1.29 is 23.0 Å². The maximum atomic E-state index is 10.5. The van der Waals surface area contributed by atoms with Crippen molar-refractivity contribution in [2.45, 2.75) is 40.5 Å². The first-order chi connectivity index (χ1) is 22.3. The van der Waals surface area contributed by atoms with Gasteiger partial charge in [0, 0.05) is 8.93 Å². The molecular formula is C36H39Cl2N2OP2PbS2W. The third-order valence-corrected chi connectivity index (χ3v) is 21.9. The van der Waals surface area contributed by atoms with Gasteiger partial charge in [0.15, 0.2) is 0 Å². The molecule has 0 spiro atoms. The molecule has 3 radical (unpaired) electrons. The fourth-order valence-corrected chi connectivity index (χ4v) is 14.7. The van der Waals surface area contributed by atoms with Gasteiger partial charge < -0.3 is 10.1 Å². The number of aromatic nitrogens is 1. The summed E-state index contributed by atoms with van der Waals surface area (Å²) in [6, 6.07) is 35.2. The summed E-state index contributed by atoms with van der Waals surface area (Å²) in [6.45, 7) is 6.62. The zero-order valence-electron chi connectivity index (χ0n) is 27.2. The number of aryl methyl sites for hydroxylation is 2. The van der Waals surface area contributed by atoms with Gasteiger partial charge in [-0.1, -0.05) is 62.4 Å². The van der Waals surface area contributed by atoms with Crippen LogP contribution in [0.3, 0.4) is 0 Å². The van der Waals surface area contributed by atoms with Crippen molar-refractivity contribution >= 4 is 114 Å². The number of nitrogens with zero attached hydrogens (tertiary/aromatic N) is 2. The van der Waals surface area contributed by atoms with E-state index < -0.39 is 24.9 Å². The molecule has 5 aromatic rings. The number of hydrogen-bond acceptors (Lipinski definition) is 4. The van der Waals surface area contributed by atoms with E-state index in [2.05, 4.69) is 108 Å². The first-order valence-corrected chi connectivity index (χ1v) is 26.1. The van der Waals surface area contributed by atoms with Gasteiger partial charge >= 0.3 is 126 Å². The Morgan fingerprint density at radius 2 is 1.23 bits per heavy atom. The van der Waals surface area contributed by atoms with Crippen molar-refractivity contribution in [3.8, 4) is 5.75 Å². The second kappa shape index (κ2) is 19.7. The molecule has 1 N–H and O–H groups in total. The van der Waals surface area contributed by atoms with Crippen molar-refractivity contribution in [3.63, 3.8) is 0 Å². The number of hydrogen-bond donors (Lipinski definition) is 1. The summed E-state index contributed by atoms with van der Waals surface area (Å²) >= 11 is 15.6. The number of aromatic hydroxyl groups is 1. The van der Waals surface area contributed by atoms with E-state index in [1.165, 1.54) is 15.9 Å². The minimum absolute atomic E-state index is 0.377. The minimum atomic E-state index is -1.85. The zero-order valence-corrected chi connectivity index (χ0v) is 39.3. The van der Waals surface area contributed by atoms with Gasteiger partial charge in [0.2, 0.25) is 0 Å². The van der Waals surface area contributed by atoms with E-state index in [4.69, 9.17) is 23.2 Å². The van der Waals surface area contributed by atoms with E-state index in [0.29, 0.717) is 18.8 Å². The van der Waals surface area contributed by atoms with E-state index in [9.17, 15) is 5.11 Å². The quantitative estimate of drug-likeness (QED) is 0.100. The van der Waals surface area contributed by atoms with Gasteiger partial charge in [0.1, 0.15) is 28.6 Å². The Bertz CT molecular complexity index is 1710. The summed E-state index contributed by atoms with van der Waals surface area (Å²) in [6.07, 6.45) is 4.02. The SMILES string of the molecule is CSc1cc([P+](P)(c2ccccc2)c2ccccc2)cc(SC)c1O.C[C](C)([Pb])[CH]=[W]=[N]c1c(Cl)cccc1Cl.Cc1ccc(C)[n-]1. The topological polar surface area (TPSA) is 46.7 Å². The molecule has 0 aliphatic carbocycles. The van der Waals surface area contributed by atoms with E-state index in [-0.39, 0.29) is 0 Å². The van der Waals surface area contributed by atoms with Crippen LogP contribution in [0.5, 0.6) is 5.75 Å². The Morgan fingerprint density at radius 3 is 1.60 bits per heavy atom. The van der Waals surface area contributed by atoms with Crippen molar-refractivity contribution in [2.24, 2.45) is 3.50 Å². The van der Waals surface area contributed by atoms with Gasteiger partial charge in [0.05, 0.1) is 9.79 Å². The van der Waals surface area contributed by atoms with Crippen molar-refractivity contribution in [1.82, 2.24) is 4.98 Å². The van der Waals surface area contributed by atoms with E-state index in [0.717, 1.165) is 52.6 Å². The van der Waals surface area contributed by atoms with Crippen LogP contribution in [-0.4, -0.2) is 47.8 Å². The third kappa shape index (κ3) is 12.3. The van der Waals surface area contributed by atoms with Crippen LogP contribution in [0.2, 0.25) is 13.0 Å². The molecular weight excluding hydrogens is 1060 g/mol. The monoisotopic (exact) mass is 1100 g/mol. The van der Waals surface area contributed by atoms with Crippen molar-refractivity contribution in [3.05, 3.63) is 125 Å². The van der Waals surface area contributed by atoms with E-state index in [1.807, 2.05) is 56.7 Å². The predicted octanol–water partition coefficient (Wildman–Crippen LogP) is 10.2. The van der Waals surface area contributed by atoms with Crippen LogP contribution >= 0.6 is 62.6 Å². The molecule has 1 heterocycles. The number of rotatable bonds is 7.